The molecule has 0 aliphatic carbocycles. The van der Waals surface area contributed by atoms with Gasteiger partial charge < -0.3 is 19.4 Å². The smallest absolute Gasteiger partial charge is 0.328 e. The second-order valence-electron chi connectivity index (χ2n) is 10.0. The number of carbonyl (C=O) groups is 2. The molecule has 3 aliphatic rings. The van der Waals surface area contributed by atoms with Crippen molar-refractivity contribution in [1.29, 1.82) is 0 Å². The number of carbonyl (C=O) groups excluding carboxylic acids is 2. The number of esters is 1. The maximum Gasteiger partial charge on any atom is 0.328 e. The minimum Gasteiger partial charge on any atom is -0.467 e. The number of nitrogens with zero attached hydrogens (tertiary/aromatic N) is 5. The molecule has 1 amide bonds. The molecule has 0 radical (unpaired) electrons. The number of hydrogen-bond donors (Lipinski definition) is 0. The van der Waals surface area contributed by atoms with Crippen LogP contribution in [0.3, 0.4) is 0 Å². The van der Waals surface area contributed by atoms with Crippen molar-refractivity contribution in [1.82, 2.24) is 14.8 Å². The lowest BCUT2D eigenvalue weighted by Gasteiger charge is -2.43. The molecule has 4 heterocycles. The molecular formula is C28H37N5O3. The highest BCUT2D eigenvalue weighted by Gasteiger charge is 2.34. The van der Waals surface area contributed by atoms with E-state index in [-0.39, 0.29) is 11.9 Å². The van der Waals surface area contributed by atoms with E-state index in [4.69, 9.17) is 4.74 Å². The molecule has 0 spiro atoms. The van der Waals surface area contributed by atoms with Gasteiger partial charge in [-0.05, 0) is 55.5 Å². The van der Waals surface area contributed by atoms with Crippen LogP contribution >= 0.6 is 0 Å². The molecule has 3 saturated heterocycles. The summed E-state index contributed by atoms with van der Waals surface area (Å²) in [6.45, 7) is 7.00. The molecule has 1 aromatic heterocycles. The van der Waals surface area contributed by atoms with Crippen molar-refractivity contribution in [3.63, 3.8) is 0 Å². The number of piperazine rings is 1. The second-order valence-corrected chi connectivity index (χ2v) is 10.0. The first-order valence-electron chi connectivity index (χ1n) is 13.2. The Hall–Kier alpha value is -3.13. The van der Waals surface area contributed by atoms with Crippen LogP contribution in [-0.4, -0.2) is 91.7 Å². The number of methoxy groups -OCH3 is 1. The number of anilines is 2. The van der Waals surface area contributed by atoms with Crippen LogP contribution in [0.15, 0.2) is 48.7 Å². The van der Waals surface area contributed by atoms with Gasteiger partial charge in [0.1, 0.15) is 11.9 Å². The van der Waals surface area contributed by atoms with E-state index in [2.05, 4.69) is 56.1 Å². The van der Waals surface area contributed by atoms with Gasteiger partial charge in [-0.3, -0.25) is 9.69 Å². The van der Waals surface area contributed by atoms with Crippen molar-refractivity contribution in [2.45, 2.75) is 44.2 Å². The van der Waals surface area contributed by atoms with Crippen LogP contribution in [0.4, 0.5) is 11.5 Å². The molecule has 0 saturated carbocycles. The maximum absolute atomic E-state index is 12.8. The fourth-order valence-corrected chi connectivity index (χ4v) is 5.89. The Balaban J connectivity index is 1.09. The summed E-state index contributed by atoms with van der Waals surface area (Å²) in [4.78, 5) is 38.5. The monoisotopic (exact) mass is 491 g/mol. The number of ether oxygens (including phenoxy) is 1. The maximum atomic E-state index is 12.8. The Kier molecular flexibility index (Phi) is 7.70. The Labute approximate surface area is 213 Å². The van der Waals surface area contributed by atoms with Crippen LogP contribution in [0, 0.1) is 0 Å². The van der Waals surface area contributed by atoms with Gasteiger partial charge in [0.15, 0.2) is 0 Å². The van der Waals surface area contributed by atoms with Crippen molar-refractivity contribution in [2.24, 2.45) is 0 Å². The Morgan fingerprint density at radius 3 is 2.31 bits per heavy atom. The van der Waals surface area contributed by atoms with E-state index in [9.17, 15) is 9.59 Å². The molecule has 8 heteroatoms. The SMILES string of the molecule is COC(=O)[C@@H]1CCCN1C(=O)Cc1ccc(N2CCC(N3CCN(c4ccccn4)CC3)CC2)cc1. The van der Waals surface area contributed by atoms with Gasteiger partial charge in [0.2, 0.25) is 5.91 Å². The fraction of sp³-hybridized carbons (Fsp3) is 0.536. The molecule has 36 heavy (non-hydrogen) atoms. The zero-order chi connectivity index (χ0) is 24.9. The number of amides is 1. The van der Waals surface area contributed by atoms with Gasteiger partial charge in [-0.15, -0.1) is 0 Å². The highest BCUT2D eigenvalue weighted by molar-refractivity contribution is 5.86. The molecule has 1 atom stereocenters. The predicted octanol–water partition coefficient (Wildman–Crippen LogP) is 2.58. The van der Waals surface area contributed by atoms with Crippen molar-refractivity contribution < 1.29 is 14.3 Å². The minimum atomic E-state index is -0.430. The molecule has 0 unspecified atom stereocenters. The van der Waals surface area contributed by atoms with E-state index in [1.165, 1.54) is 25.6 Å². The second kappa shape index (κ2) is 11.3. The fourth-order valence-electron chi connectivity index (χ4n) is 5.89. The average molecular weight is 492 g/mol. The van der Waals surface area contributed by atoms with Crippen molar-refractivity contribution in [3.8, 4) is 0 Å². The van der Waals surface area contributed by atoms with E-state index >= 15 is 0 Å². The summed E-state index contributed by atoms with van der Waals surface area (Å²) >= 11 is 0. The van der Waals surface area contributed by atoms with Gasteiger partial charge in [0.25, 0.3) is 0 Å². The number of benzene rings is 1. The van der Waals surface area contributed by atoms with Crippen molar-refractivity contribution >= 4 is 23.4 Å². The Bertz CT molecular complexity index is 1020. The summed E-state index contributed by atoms with van der Waals surface area (Å²) in [6, 6.07) is 14.7. The zero-order valence-electron chi connectivity index (χ0n) is 21.2. The van der Waals surface area contributed by atoms with Crippen LogP contribution in [-0.2, 0) is 20.7 Å². The van der Waals surface area contributed by atoms with Gasteiger partial charge in [-0.2, -0.15) is 0 Å². The third-order valence-electron chi connectivity index (χ3n) is 7.97. The number of hydrogen-bond acceptors (Lipinski definition) is 7. The molecule has 8 nitrogen and oxygen atoms in total. The number of pyridine rings is 1. The van der Waals surface area contributed by atoms with Crippen molar-refractivity contribution in [3.05, 3.63) is 54.2 Å². The quantitative estimate of drug-likeness (QED) is 0.576. The van der Waals surface area contributed by atoms with Gasteiger partial charge in [0.05, 0.1) is 13.5 Å². The van der Waals surface area contributed by atoms with Gasteiger partial charge in [-0.25, -0.2) is 9.78 Å². The largest absolute Gasteiger partial charge is 0.467 e. The normalized spacial score (nSPS) is 21.6. The van der Waals surface area contributed by atoms with Gasteiger partial charge >= 0.3 is 5.97 Å². The van der Waals surface area contributed by atoms with E-state index in [0.29, 0.717) is 25.4 Å². The molecule has 3 fully saturated rings. The standard InChI is InChI=1S/C28H37N5O3/c1-36-28(35)25-5-4-14-33(25)27(34)21-22-7-9-23(10-8-22)30-15-11-24(12-16-30)31-17-19-32(20-18-31)26-6-2-3-13-29-26/h2-3,6-10,13,24-25H,4-5,11-12,14-21H2,1H3/t25-/m0/s1. The first kappa shape index (κ1) is 24.6. The summed E-state index contributed by atoms with van der Waals surface area (Å²) < 4.78 is 4.87. The minimum absolute atomic E-state index is 0.000364. The zero-order valence-corrected chi connectivity index (χ0v) is 21.2. The van der Waals surface area contributed by atoms with Crippen molar-refractivity contribution in [2.75, 3.05) is 62.7 Å². The van der Waals surface area contributed by atoms with Gasteiger partial charge in [-0.1, -0.05) is 18.2 Å². The lowest BCUT2D eigenvalue weighted by atomic mass is 10.0. The first-order valence-corrected chi connectivity index (χ1v) is 13.2. The molecule has 2 aromatic rings. The molecule has 3 aliphatic heterocycles. The van der Waals surface area contributed by atoms with E-state index in [1.807, 2.05) is 12.3 Å². The highest BCUT2D eigenvalue weighted by Crippen LogP contribution is 2.25. The van der Waals surface area contributed by atoms with Crippen LogP contribution in [0.25, 0.3) is 0 Å². The Morgan fingerprint density at radius 2 is 1.64 bits per heavy atom. The summed E-state index contributed by atoms with van der Waals surface area (Å²) in [5.74, 6) is 0.773. The topological polar surface area (TPSA) is 69.2 Å². The van der Waals surface area contributed by atoms with Gasteiger partial charge in [0, 0.05) is 63.7 Å². The average Bonchev–Trinajstić information content (AvgIpc) is 3.44. The molecule has 192 valence electrons. The molecule has 0 N–H and O–H groups in total. The van der Waals surface area contributed by atoms with Crippen LogP contribution in [0.5, 0.6) is 0 Å². The van der Waals surface area contributed by atoms with Crippen LogP contribution in [0.2, 0.25) is 0 Å². The first-order chi connectivity index (χ1) is 17.6. The van der Waals surface area contributed by atoms with Crippen LogP contribution < -0.4 is 9.80 Å². The lowest BCUT2D eigenvalue weighted by Crippen LogP contribution is -2.53. The summed E-state index contributed by atoms with van der Waals surface area (Å²) in [5.41, 5.74) is 2.21. The summed E-state index contributed by atoms with van der Waals surface area (Å²) in [5, 5.41) is 0. The number of likely N-dealkylation sites (tertiary alicyclic amines) is 1. The number of aromatic nitrogens is 1. The third kappa shape index (κ3) is 5.48. The highest BCUT2D eigenvalue weighted by atomic mass is 16.5. The van der Waals surface area contributed by atoms with E-state index < -0.39 is 6.04 Å². The number of rotatable bonds is 6. The predicted molar refractivity (Wildman–Crippen MR) is 140 cm³/mol. The summed E-state index contributed by atoms with van der Waals surface area (Å²) in [6.07, 6.45) is 6.07. The van der Waals surface area contributed by atoms with E-state index in [1.54, 1.807) is 4.90 Å². The molecular weight excluding hydrogens is 454 g/mol. The lowest BCUT2D eigenvalue weighted by molar-refractivity contribution is -0.150. The molecule has 1 aromatic carbocycles. The Morgan fingerprint density at radius 1 is 0.889 bits per heavy atom. The third-order valence-corrected chi connectivity index (χ3v) is 7.97. The summed E-state index contributed by atoms with van der Waals surface area (Å²) in [7, 11) is 1.38. The van der Waals surface area contributed by atoms with E-state index in [0.717, 1.165) is 57.1 Å². The molecule has 0 bridgehead atoms. The van der Waals surface area contributed by atoms with Crippen LogP contribution in [0.1, 0.15) is 31.2 Å². The molecule has 5 rings (SSSR count). The number of piperidine rings is 1.